The Hall–Kier alpha value is -0.480. The summed E-state index contributed by atoms with van der Waals surface area (Å²) >= 11 is 0. The van der Waals surface area contributed by atoms with Crippen molar-refractivity contribution in [2.24, 2.45) is 0 Å². The zero-order valence-corrected chi connectivity index (χ0v) is 9.08. The number of ketones is 1. The molecule has 1 heterocycles. The number of carbonyl (C=O) groups is 1. The number of hydrogen-bond acceptors (Lipinski definition) is 5. The van der Waals surface area contributed by atoms with Gasteiger partial charge in [0.25, 0.3) is 0 Å². The van der Waals surface area contributed by atoms with Crippen LogP contribution in [0.15, 0.2) is 12.2 Å². The van der Waals surface area contributed by atoms with E-state index in [1.165, 1.54) is 0 Å². The lowest BCUT2D eigenvalue weighted by molar-refractivity contribution is -0.121. The van der Waals surface area contributed by atoms with Gasteiger partial charge < -0.3 is 0 Å². The highest BCUT2D eigenvalue weighted by Gasteiger charge is 2.41. The first-order valence-electron chi connectivity index (χ1n) is 4.26. The molecule has 80 valence electrons. The summed E-state index contributed by atoms with van der Waals surface area (Å²) in [5.74, 6) is -0.303. The molecule has 1 rings (SSSR count). The lowest BCUT2D eigenvalue weighted by atomic mass is 10.1. The van der Waals surface area contributed by atoms with E-state index in [0.29, 0.717) is 5.57 Å². The van der Waals surface area contributed by atoms with Gasteiger partial charge in [-0.25, -0.2) is 4.57 Å². The molecule has 0 aromatic heterocycles. The summed E-state index contributed by atoms with van der Waals surface area (Å²) in [6.07, 6.45) is -0.843. The molecule has 2 unspecified atom stereocenters. The monoisotopic (exact) mass is 220 g/mol. The number of phosphoric ester groups is 1. The van der Waals surface area contributed by atoms with Crippen molar-refractivity contribution >= 4 is 13.6 Å². The van der Waals surface area contributed by atoms with E-state index in [2.05, 4.69) is 6.58 Å². The quantitative estimate of drug-likeness (QED) is 0.533. The van der Waals surface area contributed by atoms with Crippen LogP contribution in [0.25, 0.3) is 0 Å². The summed E-state index contributed by atoms with van der Waals surface area (Å²) < 4.78 is 26.0. The van der Waals surface area contributed by atoms with Crippen LogP contribution in [0.2, 0.25) is 0 Å². The lowest BCUT2D eigenvalue weighted by Crippen LogP contribution is -2.22. The van der Waals surface area contributed by atoms with Crippen LogP contribution >= 0.6 is 7.82 Å². The molecular formula is C8H13O5P. The Morgan fingerprint density at radius 1 is 1.71 bits per heavy atom. The Bertz CT molecular complexity index is 298. The molecule has 1 aliphatic rings. The molecule has 0 saturated carbocycles. The SMILES string of the molecule is C=C(C)C(=O)C1COP(=O)(OCC)O1. The predicted octanol–water partition coefficient (Wildman–Crippen LogP) is 1.69. The minimum atomic E-state index is -3.48. The molecule has 6 heteroatoms. The third-order valence-electron chi connectivity index (χ3n) is 1.64. The van der Waals surface area contributed by atoms with Crippen molar-refractivity contribution in [2.45, 2.75) is 20.0 Å². The van der Waals surface area contributed by atoms with Crippen molar-refractivity contribution in [1.29, 1.82) is 0 Å². The molecule has 0 aliphatic carbocycles. The highest BCUT2D eigenvalue weighted by Crippen LogP contribution is 2.55. The van der Waals surface area contributed by atoms with Gasteiger partial charge in [0.1, 0.15) is 0 Å². The zero-order valence-electron chi connectivity index (χ0n) is 8.19. The van der Waals surface area contributed by atoms with Gasteiger partial charge in [-0.15, -0.1) is 0 Å². The van der Waals surface area contributed by atoms with Gasteiger partial charge in [-0.3, -0.25) is 18.4 Å². The molecule has 2 atom stereocenters. The molecule has 0 spiro atoms. The summed E-state index contributed by atoms with van der Waals surface area (Å²) in [6.45, 7) is 6.88. The van der Waals surface area contributed by atoms with Crippen LogP contribution < -0.4 is 0 Å². The van der Waals surface area contributed by atoms with Crippen LogP contribution in [-0.4, -0.2) is 25.1 Å². The standard InChI is InChI=1S/C8H13O5P/c1-4-11-14(10)12-5-7(13-14)8(9)6(2)3/h7H,2,4-5H2,1,3H3. The first-order chi connectivity index (χ1) is 6.48. The molecule has 1 fully saturated rings. The molecule has 14 heavy (non-hydrogen) atoms. The number of hydrogen-bond donors (Lipinski definition) is 0. The lowest BCUT2D eigenvalue weighted by Gasteiger charge is -2.09. The van der Waals surface area contributed by atoms with E-state index in [1.54, 1.807) is 13.8 Å². The third-order valence-corrected chi connectivity index (χ3v) is 3.19. The predicted molar refractivity (Wildman–Crippen MR) is 49.9 cm³/mol. The maximum absolute atomic E-state index is 11.5. The van der Waals surface area contributed by atoms with Gasteiger partial charge in [0.05, 0.1) is 13.2 Å². The molecular weight excluding hydrogens is 207 g/mol. The van der Waals surface area contributed by atoms with Gasteiger partial charge >= 0.3 is 7.82 Å². The normalized spacial score (nSPS) is 31.7. The summed E-state index contributed by atoms with van der Waals surface area (Å²) in [5.41, 5.74) is 0.351. The van der Waals surface area contributed by atoms with Crippen molar-refractivity contribution < 1.29 is 22.9 Å². The van der Waals surface area contributed by atoms with Crippen molar-refractivity contribution in [3.8, 4) is 0 Å². The number of Topliss-reactive ketones (excluding diaryl/α,β-unsaturated/α-hetero) is 1. The Kier molecular flexibility index (Phi) is 3.61. The second-order valence-corrected chi connectivity index (χ2v) is 4.52. The van der Waals surface area contributed by atoms with Crippen LogP contribution in [0.4, 0.5) is 0 Å². The number of rotatable bonds is 4. The van der Waals surface area contributed by atoms with Gasteiger partial charge in [-0.2, -0.15) is 0 Å². The van der Waals surface area contributed by atoms with E-state index in [4.69, 9.17) is 13.6 Å². The molecule has 0 amide bonds. The highest BCUT2D eigenvalue weighted by molar-refractivity contribution is 7.48. The minimum absolute atomic E-state index is 0.0387. The number of phosphoric acid groups is 1. The fraction of sp³-hybridized carbons (Fsp3) is 0.625. The smallest absolute Gasteiger partial charge is 0.292 e. The molecule has 1 aliphatic heterocycles. The molecule has 0 radical (unpaired) electrons. The van der Waals surface area contributed by atoms with Crippen LogP contribution in [-0.2, 0) is 22.9 Å². The van der Waals surface area contributed by atoms with Crippen molar-refractivity contribution in [2.75, 3.05) is 13.2 Å². The summed E-state index contributed by atoms with van der Waals surface area (Å²) in [6, 6.07) is 0. The van der Waals surface area contributed by atoms with Gasteiger partial charge in [0.2, 0.25) is 0 Å². The van der Waals surface area contributed by atoms with E-state index < -0.39 is 13.9 Å². The van der Waals surface area contributed by atoms with Crippen LogP contribution in [0.5, 0.6) is 0 Å². The molecule has 0 bridgehead atoms. The van der Waals surface area contributed by atoms with Gasteiger partial charge in [-0.05, 0) is 19.4 Å². The fourth-order valence-corrected chi connectivity index (χ4v) is 2.30. The van der Waals surface area contributed by atoms with E-state index in [0.717, 1.165) is 0 Å². The topological polar surface area (TPSA) is 61.8 Å². The van der Waals surface area contributed by atoms with Crippen LogP contribution in [0.3, 0.4) is 0 Å². The molecule has 1 saturated heterocycles. The Morgan fingerprint density at radius 3 is 2.86 bits per heavy atom. The summed E-state index contributed by atoms with van der Waals surface area (Å²) in [4.78, 5) is 11.4. The van der Waals surface area contributed by atoms with Gasteiger partial charge in [0.15, 0.2) is 11.9 Å². The largest absolute Gasteiger partial charge is 0.475 e. The van der Waals surface area contributed by atoms with Gasteiger partial charge in [0, 0.05) is 0 Å². The van der Waals surface area contributed by atoms with Crippen molar-refractivity contribution in [3.63, 3.8) is 0 Å². The summed E-state index contributed by atoms with van der Waals surface area (Å²) in [7, 11) is -3.48. The first kappa shape index (κ1) is 11.6. The number of carbonyl (C=O) groups excluding carboxylic acids is 1. The Labute approximate surface area is 82.7 Å². The maximum atomic E-state index is 11.5. The molecule has 0 aromatic rings. The maximum Gasteiger partial charge on any atom is 0.475 e. The minimum Gasteiger partial charge on any atom is -0.292 e. The third kappa shape index (κ3) is 2.51. The van der Waals surface area contributed by atoms with Gasteiger partial charge in [-0.1, -0.05) is 6.58 Å². The first-order valence-corrected chi connectivity index (χ1v) is 5.72. The molecule has 0 aromatic carbocycles. The van der Waals surface area contributed by atoms with E-state index >= 15 is 0 Å². The van der Waals surface area contributed by atoms with Crippen molar-refractivity contribution in [1.82, 2.24) is 0 Å². The molecule has 5 nitrogen and oxygen atoms in total. The van der Waals surface area contributed by atoms with Crippen molar-refractivity contribution in [3.05, 3.63) is 12.2 Å². The molecule has 0 N–H and O–H groups in total. The van der Waals surface area contributed by atoms with E-state index in [9.17, 15) is 9.36 Å². The Balaban J connectivity index is 2.61. The zero-order chi connectivity index (χ0) is 10.8. The Morgan fingerprint density at radius 2 is 2.36 bits per heavy atom. The van der Waals surface area contributed by atoms with E-state index in [1.807, 2.05) is 0 Å². The average Bonchev–Trinajstić information content (AvgIpc) is 2.47. The van der Waals surface area contributed by atoms with Crippen LogP contribution in [0.1, 0.15) is 13.8 Å². The summed E-state index contributed by atoms with van der Waals surface area (Å²) in [5, 5.41) is 0. The fourth-order valence-electron chi connectivity index (χ4n) is 1.000. The highest BCUT2D eigenvalue weighted by atomic mass is 31.2. The second kappa shape index (κ2) is 4.36. The second-order valence-electron chi connectivity index (χ2n) is 2.90. The van der Waals surface area contributed by atoms with E-state index in [-0.39, 0.29) is 19.0 Å². The average molecular weight is 220 g/mol. The van der Waals surface area contributed by atoms with Crippen LogP contribution in [0, 0.1) is 0 Å².